The Morgan fingerprint density at radius 1 is 1.26 bits per heavy atom. The Kier molecular flexibility index (Phi) is 5.54. The number of halogens is 1. The van der Waals surface area contributed by atoms with Gasteiger partial charge in [-0.3, -0.25) is 4.98 Å². The summed E-state index contributed by atoms with van der Waals surface area (Å²) >= 11 is 3.53. The van der Waals surface area contributed by atoms with Gasteiger partial charge in [-0.15, -0.1) is 0 Å². The highest BCUT2D eigenvalue weighted by molar-refractivity contribution is 9.10. The molecule has 0 amide bonds. The van der Waals surface area contributed by atoms with E-state index in [1.807, 2.05) is 24.3 Å². The van der Waals surface area contributed by atoms with Crippen molar-refractivity contribution in [2.24, 2.45) is 5.92 Å². The van der Waals surface area contributed by atoms with Crippen LogP contribution in [0.2, 0.25) is 0 Å². The van der Waals surface area contributed by atoms with Crippen molar-refractivity contribution in [1.29, 1.82) is 0 Å². The maximum absolute atomic E-state index is 9.69. The fraction of sp³-hybridized carbons (Fsp3) is 0.421. The van der Waals surface area contributed by atoms with Crippen molar-refractivity contribution >= 4 is 33.2 Å². The number of aromatic nitrogens is 4. The van der Waals surface area contributed by atoms with Gasteiger partial charge in [0.05, 0.1) is 22.9 Å². The summed E-state index contributed by atoms with van der Waals surface area (Å²) in [4.78, 5) is 9.07. The molecule has 0 spiro atoms. The maximum Gasteiger partial charge on any atom is 0.173 e. The third-order valence-electron chi connectivity index (χ3n) is 5.08. The normalized spacial score (nSPS) is 19.9. The first-order valence-electron chi connectivity index (χ1n) is 9.30. The van der Waals surface area contributed by atoms with Crippen molar-refractivity contribution in [3.63, 3.8) is 0 Å². The first-order valence-corrected chi connectivity index (χ1v) is 10.1. The van der Waals surface area contributed by atoms with Crippen LogP contribution in [0.15, 0.2) is 41.1 Å². The number of anilines is 2. The van der Waals surface area contributed by atoms with Crippen LogP contribution in [-0.4, -0.2) is 37.3 Å². The molecular weight excluding hydrogens is 408 g/mol. The van der Waals surface area contributed by atoms with Gasteiger partial charge < -0.3 is 15.7 Å². The molecule has 7 nitrogen and oxygen atoms in total. The Labute approximate surface area is 166 Å². The van der Waals surface area contributed by atoms with Gasteiger partial charge in [-0.25, -0.2) is 4.98 Å². The van der Waals surface area contributed by atoms with Crippen LogP contribution in [0.3, 0.4) is 0 Å². The minimum atomic E-state index is 0.209. The second kappa shape index (κ2) is 8.22. The Morgan fingerprint density at radius 3 is 2.96 bits per heavy atom. The quantitative estimate of drug-likeness (QED) is 0.554. The van der Waals surface area contributed by atoms with Crippen LogP contribution < -0.4 is 10.6 Å². The van der Waals surface area contributed by atoms with Crippen molar-refractivity contribution < 1.29 is 5.11 Å². The topological polar surface area (TPSA) is 87.4 Å². The molecule has 8 heteroatoms. The molecule has 0 unspecified atom stereocenters. The van der Waals surface area contributed by atoms with E-state index >= 15 is 0 Å². The third kappa shape index (κ3) is 4.06. The standard InChI is InChI=1S/C19H23BrN6O/c20-15-11-23-26-18(22-10-14-6-3-4-8-21-14)9-17(25-19(15)26)24-16-7-2-1-5-13(16)12-27/h3-4,6,8-9,11,13,16,22,27H,1-2,5,7,10,12H2,(H,24,25)/t13-,16-/m0/s1. The lowest BCUT2D eigenvalue weighted by Gasteiger charge is -2.31. The zero-order valence-electron chi connectivity index (χ0n) is 15.0. The number of fused-ring (bicyclic) bond motifs is 1. The summed E-state index contributed by atoms with van der Waals surface area (Å²) in [6.45, 7) is 0.806. The summed E-state index contributed by atoms with van der Waals surface area (Å²) < 4.78 is 2.62. The Bertz CT molecular complexity index is 900. The van der Waals surface area contributed by atoms with E-state index in [0.29, 0.717) is 6.54 Å². The number of nitrogens with one attached hydrogen (secondary N) is 2. The smallest absolute Gasteiger partial charge is 0.173 e. The number of aliphatic hydroxyl groups excluding tert-OH is 1. The fourth-order valence-corrected chi connectivity index (χ4v) is 3.97. The lowest BCUT2D eigenvalue weighted by molar-refractivity contribution is 0.178. The number of hydrogen-bond acceptors (Lipinski definition) is 6. The SMILES string of the molecule is OC[C@@H]1CCCC[C@@H]1Nc1cc(NCc2ccccn2)n2ncc(Br)c2n1. The molecule has 1 fully saturated rings. The molecule has 0 radical (unpaired) electrons. The van der Waals surface area contributed by atoms with E-state index in [4.69, 9.17) is 4.98 Å². The molecule has 1 aliphatic carbocycles. The summed E-state index contributed by atoms with van der Waals surface area (Å²) in [6, 6.07) is 8.07. The maximum atomic E-state index is 9.69. The predicted octanol–water partition coefficient (Wildman–Crippen LogP) is 3.46. The van der Waals surface area contributed by atoms with Gasteiger partial charge in [0.2, 0.25) is 0 Å². The van der Waals surface area contributed by atoms with Crippen molar-refractivity contribution in [2.45, 2.75) is 38.3 Å². The van der Waals surface area contributed by atoms with E-state index in [-0.39, 0.29) is 18.6 Å². The summed E-state index contributed by atoms with van der Waals surface area (Å²) in [6.07, 6.45) is 8.00. The first-order chi connectivity index (χ1) is 13.2. The lowest BCUT2D eigenvalue weighted by atomic mass is 9.85. The summed E-state index contributed by atoms with van der Waals surface area (Å²) in [5.41, 5.74) is 1.70. The molecule has 142 valence electrons. The monoisotopic (exact) mass is 430 g/mol. The number of aliphatic hydroxyl groups is 1. The fourth-order valence-electron chi connectivity index (χ4n) is 3.63. The highest BCUT2D eigenvalue weighted by Crippen LogP contribution is 2.28. The zero-order chi connectivity index (χ0) is 18.6. The molecule has 2 atom stereocenters. The van der Waals surface area contributed by atoms with Crippen molar-refractivity contribution in [3.05, 3.63) is 46.8 Å². The van der Waals surface area contributed by atoms with Gasteiger partial charge in [0.25, 0.3) is 0 Å². The van der Waals surface area contributed by atoms with E-state index in [0.717, 1.165) is 40.3 Å². The molecule has 1 aliphatic rings. The molecule has 1 saturated carbocycles. The van der Waals surface area contributed by atoms with Crippen molar-refractivity contribution in [2.75, 3.05) is 17.2 Å². The molecule has 0 bridgehead atoms. The second-order valence-corrected chi connectivity index (χ2v) is 7.76. The van der Waals surface area contributed by atoms with Gasteiger partial charge in [-0.1, -0.05) is 18.9 Å². The summed E-state index contributed by atoms with van der Waals surface area (Å²) in [5.74, 6) is 1.91. The molecule has 0 saturated heterocycles. The molecule has 3 aromatic heterocycles. The van der Waals surface area contributed by atoms with Gasteiger partial charge in [0.1, 0.15) is 11.6 Å². The van der Waals surface area contributed by atoms with Crippen LogP contribution in [0.25, 0.3) is 5.65 Å². The van der Waals surface area contributed by atoms with Crippen LogP contribution >= 0.6 is 15.9 Å². The van der Waals surface area contributed by atoms with Gasteiger partial charge in [-0.05, 0) is 40.9 Å². The van der Waals surface area contributed by atoms with Crippen molar-refractivity contribution in [3.8, 4) is 0 Å². The summed E-state index contributed by atoms with van der Waals surface area (Å²) in [7, 11) is 0. The average Bonchev–Trinajstić information content (AvgIpc) is 3.08. The van der Waals surface area contributed by atoms with Crippen LogP contribution in [0.5, 0.6) is 0 Å². The average molecular weight is 431 g/mol. The highest BCUT2D eigenvalue weighted by atomic mass is 79.9. The minimum Gasteiger partial charge on any atom is -0.396 e. The van der Waals surface area contributed by atoms with E-state index < -0.39 is 0 Å². The molecule has 3 aromatic rings. The minimum absolute atomic E-state index is 0.209. The van der Waals surface area contributed by atoms with Crippen LogP contribution in [0, 0.1) is 5.92 Å². The van der Waals surface area contributed by atoms with E-state index in [2.05, 4.69) is 36.6 Å². The second-order valence-electron chi connectivity index (χ2n) is 6.91. The predicted molar refractivity (Wildman–Crippen MR) is 109 cm³/mol. The number of hydrogen-bond donors (Lipinski definition) is 3. The molecule has 3 N–H and O–H groups in total. The van der Waals surface area contributed by atoms with E-state index in [1.54, 1.807) is 16.9 Å². The largest absolute Gasteiger partial charge is 0.396 e. The molecule has 0 aromatic carbocycles. The number of nitrogens with zero attached hydrogens (tertiary/aromatic N) is 4. The Hall–Kier alpha value is -2.19. The molecule has 0 aliphatic heterocycles. The molecule has 3 heterocycles. The summed E-state index contributed by atoms with van der Waals surface area (Å²) in [5, 5.41) is 21.0. The molecule has 27 heavy (non-hydrogen) atoms. The van der Waals surface area contributed by atoms with Gasteiger partial charge in [0, 0.05) is 30.8 Å². The zero-order valence-corrected chi connectivity index (χ0v) is 16.6. The third-order valence-corrected chi connectivity index (χ3v) is 5.64. The lowest BCUT2D eigenvalue weighted by Crippen LogP contribution is -2.34. The molecule has 4 rings (SSSR count). The Balaban J connectivity index is 1.60. The van der Waals surface area contributed by atoms with Gasteiger partial charge in [-0.2, -0.15) is 9.61 Å². The highest BCUT2D eigenvalue weighted by Gasteiger charge is 2.25. The van der Waals surface area contributed by atoms with Crippen LogP contribution in [0.4, 0.5) is 11.6 Å². The Morgan fingerprint density at radius 2 is 2.15 bits per heavy atom. The molecular formula is C19H23BrN6O. The van der Waals surface area contributed by atoms with Gasteiger partial charge in [0.15, 0.2) is 5.65 Å². The van der Waals surface area contributed by atoms with Crippen LogP contribution in [-0.2, 0) is 6.54 Å². The number of rotatable bonds is 6. The van der Waals surface area contributed by atoms with Crippen LogP contribution in [0.1, 0.15) is 31.4 Å². The van der Waals surface area contributed by atoms with Gasteiger partial charge >= 0.3 is 0 Å². The first kappa shape index (κ1) is 18.2. The van der Waals surface area contributed by atoms with Crippen molar-refractivity contribution in [1.82, 2.24) is 19.6 Å². The van der Waals surface area contributed by atoms with E-state index in [9.17, 15) is 5.11 Å². The number of pyridine rings is 1. The van der Waals surface area contributed by atoms with E-state index in [1.165, 1.54) is 12.8 Å².